The summed E-state index contributed by atoms with van der Waals surface area (Å²) in [4.78, 5) is 0. The van der Waals surface area contributed by atoms with Crippen molar-refractivity contribution >= 4 is 17.1 Å². The molecule has 136 valence electrons. The van der Waals surface area contributed by atoms with Crippen molar-refractivity contribution in [2.75, 3.05) is 19.7 Å². The molecular formula is C17H37NO3Si2. The van der Waals surface area contributed by atoms with Gasteiger partial charge in [0, 0.05) is 25.6 Å². The molecule has 2 rings (SSSR count). The van der Waals surface area contributed by atoms with E-state index < -0.39 is 17.1 Å². The monoisotopic (exact) mass is 359 g/mol. The zero-order valence-corrected chi connectivity index (χ0v) is 18.3. The lowest BCUT2D eigenvalue weighted by molar-refractivity contribution is 0.0456. The summed E-state index contributed by atoms with van der Waals surface area (Å²) in [5, 5.41) is 3.50. The van der Waals surface area contributed by atoms with Gasteiger partial charge in [0.25, 0.3) is 0 Å². The fraction of sp³-hybridized carbons (Fsp3) is 1.00. The first-order valence-electron chi connectivity index (χ1n) is 9.38. The van der Waals surface area contributed by atoms with E-state index in [1.807, 2.05) is 0 Å². The highest BCUT2D eigenvalue weighted by Crippen LogP contribution is 2.46. The molecule has 2 aliphatic heterocycles. The van der Waals surface area contributed by atoms with Crippen LogP contribution in [0.4, 0.5) is 0 Å². The Bertz CT molecular complexity index is 385. The highest BCUT2D eigenvalue weighted by Gasteiger charge is 2.59. The van der Waals surface area contributed by atoms with Gasteiger partial charge in [-0.1, -0.05) is 55.4 Å². The molecule has 0 aliphatic carbocycles. The summed E-state index contributed by atoms with van der Waals surface area (Å²) in [6.45, 7) is 21.0. The molecule has 1 N–H and O–H groups in total. The van der Waals surface area contributed by atoms with Crippen molar-refractivity contribution < 1.29 is 13.0 Å². The van der Waals surface area contributed by atoms with E-state index in [1.165, 1.54) is 0 Å². The standard InChI is InChI=1S/C17H37NO3Si2/c1-12(2)22(13(3)4)19-11-16-9-18-10-17(16)20-23(21-22,14(5)6)15(7)8/h12-18H,9-11H2,1-8H3/t16-,17+/m0/s1. The first-order valence-corrected chi connectivity index (χ1v) is 13.3. The fourth-order valence-corrected chi connectivity index (χ4v) is 15.5. The van der Waals surface area contributed by atoms with Crippen LogP contribution in [0.15, 0.2) is 0 Å². The molecule has 0 bridgehead atoms. The summed E-state index contributed by atoms with van der Waals surface area (Å²) >= 11 is 0. The Morgan fingerprint density at radius 2 is 1.30 bits per heavy atom. The molecule has 0 saturated carbocycles. The van der Waals surface area contributed by atoms with Crippen LogP contribution in [0.25, 0.3) is 0 Å². The molecule has 0 spiro atoms. The average molecular weight is 360 g/mol. The van der Waals surface area contributed by atoms with Crippen LogP contribution in [-0.4, -0.2) is 42.9 Å². The van der Waals surface area contributed by atoms with Gasteiger partial charge < -0.3 is 18.3 Å². The van der Waals surface area contributed by atoms with E-state index >= 15 is 0 Å². The SMILES string of the molecule is CC(C)[Si]1(C(C)C)OC[C@@H]2CNC[C@H]2O[Si](C(C)C)(C(C)C)O1. The predicted molar refractivity (Wildman–Crippen MR) is 100 cm³/mol. The first-order chi connectivity index (χ1) is 10.7. The molecule has 0 unspecified atom stereocenters. The zero-order valence-electron chi connectivity index (χ0n) is 16.3. The molecule has 4 nitrogen and oxygen atoms in total. The van der Waals surface area contributed by atoms with Crippen molar-refractivity contribution in [3.05, 3.63) is 0 Å². The second-order valence-electron chi connectivity index (χ2n) is 8.55. The van der Waals surface area contributed by atoms with Crippen molar-refractivity contribution in [3.8, 4) is 0 Å². The molecule has 6 heteroatoms. The summed E-state index contributed by atoms with van der Waals surface area (Å²) in [5.41, 5.74) is 1.72. The fourth-order valence-electron chi connectivity index (χ4n) is 4.20. The highest BCUT2D eigenvalue weighted by atomic mass is 28.5. The van der Waals surface area contributed by atoms with Crippen LogP contribution >= 0.6 is 0 Å². The number of hydrogen-bond donors (Lipinski definition) is 1. The molecule has 2 aliphatic rings. The molecule has 0 amide bonds. The quantitative estimate of drug-likeness (QED) is 0.765. The normalized spacial score (nSPS) is 30.8. The molecule has 2 heterocycles. The summed E-state index contributed by atoms with van der Waals surface area (Å²) in [7, 11) is -4.70. The number of fused-ring (bicyclic) bond motifs is 1. The third-order valence-corrected chi connectivity index (χ3v) is 16.0. The van der Waals surface area contributed by atoms with E-state index in [4.69, 9.17) is 13.0 Å². The van der Waals surface area contributed by atoms with E-state index in [0.717, 1.165) is 19.7 Å². The molecule has 2 fully saturated rings. The summed E-state index contributed by atoms with van der Waals surface area (Å²) in [5.74, 6) is 0.465. The number of hydrogen-bond acceptors (Lipinski definition) is 4. The molecule has 2 saturated heterocycles. The predicted octanol–water partition coefficient (Wildman–Crippen LogP) is 4.16. The van der Waals surface area contributed by atoms with Crippen LogP contribution in [0.5, 0.6) is 0 Å². The van der Waals surface area contributed by atoms with Crippen molar-refractivity contribution in [2.45, 2.75) is 83.7 Å². The smallest absolute Gasteiger partial charge is 0.335 e. The largest absolute Gasteiger partial charge is 0.414 e. The number of rotatable bonds is 4. The minimum absolute atomic E-state index is 0.248. The van der Waals surface area contributed by atoms with Crippen LogP contribution in [0, 0.1) is 5.92 Å². The van der Waals surface area contributed by atoms with Crippen LogP contribution in [0.3, 0.4) is 0 Å². The van der Waals surface area contributed by atoms with Crippen molar-refractivity contribution in [3.63, 3.8) is 0 Å². The van der Waals surface area contributed by atoms with Crippen LogP contribution in [0.1, 0.15) is 55.4 Å². The van der Waals surface area contributed by atoms with E-state index in [0.29, 0.717) is 28.1 Å². The van der Waals surface area contributed by atoms with Gasteiger partial charge in [-0.05, 0) is 22.2 Å². The summed E-state index contributed by atoms with van der Waals surface area (Å²) in [6, 6.07) is 0. The Labute approximate surface area is 145 Å². The van der Waals surface area contributed by atoms with Gasteiger partial charge in [0.15, 0.2) is 0 Å². The summed E-state index contributed by atoms with van der Waals surface area (Å²) in [6.07, 6.45) is 0.248. The second kappa shape index (κ2) is 7.26. The highest BCUT2D eigenvalue weighted by molar-refractivity contribution is 6.83. The van der Waals surface area contributed by atoms with Crippen molar-refractivity contribution in [1.29, 1.82) is 0 Å². The van der Waals surface area contributed by atoms with Crippen LogP contribution in [0.2, 0.25) is 22.2 Å². The van der Waals surface area contributed by atoms with Gasteiger partial charge >= 0.3 is 17.1 Å². The van der Waals surface area contributed by atoms with Gasteiger partial charge in [0.1, 0.15) is 0 Å². The third kappa shape index (κ3) is 3.48. The molecule has 0 aromatic heterocycles. The van der Waals surface area contributed by atoms with Gasteiger partial charge in [-0.3, -0.25) is 0 Å². The molecule has 2 atom stereocenters. The molecular weight excluding hydrogens is 322 g/mol. The van der Waals surface area contributed by atoms with Gasteiger partial charge in [-0.2, -0.15) is 0 Å². The van der Waals surface area contributed by atoms with Crippen LogP contribution in [-0.2, 0) is 13.0 Å². The maximum atomic E-state index is 7.13. The minimum atomic E-state index is -2.37. The van der Waals surface area contributed by atoms with Gasteiger partial charge in [-0.25, -0.2) is 0 Å². The van der Waals surface area contributed by atoms with Gasteiger partial charge in [-0.15, -0.1) is 0 Å². The third-order valence-electron chi connectivity index (χ3n) is 5.67. The van der Waals surface area contributed by atoms with Crippen molar-refractivity contribution in [1.82, 2.24) is 5.32 Å². The Hall–Kier alpha value is 0.274. The van der Waals surface area contributed by atoms with E-state index in [9.17, 15) is 0 Å². The zero-order chi connectivity index (χ0) is 17.4. The Morgan fingerprint density at radius 3 is 1.78 bits per heavy atom. The van der Waals surface area contributed by atoms with E-state index in [-0.39, 0.29) is 6.10 Å². The lowest BCUT2D eigenvalue weighted by Gasteiger charge is -2.51. The molecule has 23 heavy (non-hydrogen) atoms. The van der Waals surface area contributed by atoms with Gasteiger partial charge in [0.2, 0.25) is 0 Å². The second-order valence-corrected chi connectivity index (χ2v) is 17.4. The lowest BCUT2D eigenvalue weighted by Crippen LogP contribution is -2.64. The number of nitrogens with one attached hydrogen (secondary N) is 1. The first kappa shape index (κ1) is 19.6. The van der Waals surface area contributed by atoms with Crippen molar-refractivity contribution in [2.24, 2.45) is 5.92 Å². The van der Waals surface area contributed by atoms with Crippen LogP contribution < -0.4 is 5.32 Å². The molecule has 0 aromatic carbocycles. The average Bonchev–Trinajstić information content (AvgIpc) is 2.84. The Morgan fingerprint density at radius 1 is 0.783 bits per heavy atom. The summed E-state index contributed by atoms with van der Waals surface area (Å²) < 4.78 is 20.7. The maximum Gasteiger partial charge on any atom is 0.335 e. The topological polar surface area (TPSA) is 39.7 Å². The Kier molecular flexibility index (Phi) is 6.18. The van der Waals surface area contributed by atoms with E-state index in [1.54, 1.807) is 0 Å². The molecule has 0 radical (unpaired) electrons. The van der Waals surface area contributed by atoms with E-state index in [2.05, 4.69) is 60.7 Å². The molecule has 0 aromatic rings. The maximum absolute atomic E-state index is 7.13. The van der Waals surface area contributed by atoms with Gasteiger partial charge in [0.05, 0.1) is 6.10 Å². The Balaban J connectivity index is 2.48. The minimum Gasteiger partial charge on any atom is -0.414 e. The lowest BCUT2D eigenvalue weighted by atomic mass is 10.1.